The summed E-state index contributed by atoms with van der Waals surface area (Å²) < 4.78 is 5.10. The van der Waals surface area contributed by atoms with Gasteiger partial charge in [0.2, 0.25) is 0 Å². The molecule has 1 aliphatic carbocycles. The Kier molecular flexibility index (Phi) is 5.96. The molecule has 1 aliphatic rings. The number of hydrazone groups is 1. The third kappa shape index (κ3) is 4.94. The van der Waals surface area contributed by atoms with E-state index < -0.39 is 11.8 Å². The second kappa shape index (κ2) is 7.94. The summed E-state index contributed by atoms with van der Waals surface area (Å²) in [7, 11) is 0. The summed E-state index contributed by atoms with van der Waals surface area (Å²) in [4.78, 5) is 23.6. The SMILES string of the molecule is CC(C)[C@H]1CC[C@H](C)CC1=NNC(=O)C(=O)NCc1ccco1. The van der Waals surface area contributed by atoms with Crippen molar-refractivity contribution >= 4 is 17.5 Å². The Morgan fingerprint density at radius 1 is 1.35 bits per heavy atom. The first-order valence-electron chi connectivity index (χ1n) is 8.14. The van der Waals surface area contributed by atoms with E-state index >= 15 is 0 Å². The maximum absolute atomic E-state index is 11.8. The molecule has 1 aromatic rings. The number of rotatable bonds is 4. The fourth-order valence-corrected chi connectivity index (χ4v) is 2.92. The lowest BCUT2D eigenvalue weighted by Crippen LogP contribution is -2.39. The number of amides is 2. The summed E-state index contributed by atoms with van der Waals surface area (Å²) >= 11 is 0. The van der Waals surface area contributed by atoms with Crippen molar-refractivity contribution in [3.05, 3.63) is 24.2 Å². The van der Waals surface area contributed by atoms with Crippen LogP contribution in [0.15, 0.2) is 27.9 Å². The van der Waals surface area contributed by atoms with Gasteiger partial charge in [0.15, 0.2) is 0 Å². The van der Waals surface area contributed by atoms with Gasteiger partial charge in [0.05, 0.1) is 12.8 Å². The van der Waals surface area contributed by atoms with Crippen LogP contribution in [0.5, 0.6) is 0 Å². The predicted molar refractivity (Wildman–Crippen MR) is 87.5 cm³/mol. The Bertz CT molecular complexity index is 564. The van der Waals surface area contributed by atoms with Gasteiger partial charge >= 0.3 is 11.8 Å². The average Bonchev–Trinajstić information content (AvgIpc) is 3.03. The second-order valence-corrected chi connectivity index (χ2v) is 6.54. The topological polar surface area (TPSA) is 83.7 Å². The van der Waals surface area contributed by atoms with Crippen molar-refractivity contribution in [2.75, 3.05) is 0 Å². The largest absolute Gasteiger partial charge is 0.467 e. The monoisotopic (exact) mass is 319 g/mol. The van der Waals surface area contributed by atoms with Crippen LogP contribution in [0, 0.1) is 17.8 Å². The maximum Gasteiger partial charge on any atom is 0.329 e. The van der Waals surface area contributed by atoms with Gasteiger partial charge in [-0.3, -0.25) is 9.59 Å². The van der Waals surface area contributed by atoms with Crippen LogP contribution in [-0.2, 0) is 16.1 Å². The molecule has 1 fully saturated rings. The Labute approximate surface area is 136 Å². The fourth-order valence-electron chi connectivity index (χ4n) is 2.92. The minimum absolute atomic E-state index is 0.182. The molecule has 0 bridgehead atoms. The van der Waals surface area contributed by atoms with E-state index in [0.717, 1.165) is 18.6 Å². The molecule has 6 nitrogen and oxygen atoms in total. The maximum atomic E-state index is 11.8. The molecule has 1 heterocycles. The van der Waals surface area contributed by atoms with Crippen molar-refractivity contribution < 1.29 is 14.0 Å². The summed E-state index contributed by atoms with van der Waals surface area (Å²) in [5.41, 5.74) is 3.39. The first-order chi connectivity index (χ1) is 11.0. The standard InChI is InChI=1S/C17H25N3O3/c1-11(2)14-7-6-12(3)9-15(14)19-20-17(22)16(21)18-10-13-5-4-8-23-13/h4-5,8,11-12,14H,6-7,9-10H2,1-3H3,(H,18,21)(H,20,22)/t12-,14+/m0/s1. The number of carbonyl (C=O) groups is 2. The van der Waals surface area contributed by atoms with Gasteiger partial charge in [-0.15, -0.1) is 0 Å². The summed E-state index contributed by atoms with van der Waals surface area (Å²) in [6.07, 6.45) is 4.65. The lowest BCUT2D eigenvalue weighted by Gasteiger charge is -2.30. The van der Waals surface area contributed by atoms with Crippen LogP contribution in [0.1, 0.15) is 45.8 Å². The number of furan rings is 1. The van der Waals surface area contributed by atoms with Crippen molar-refractivity contribution in [1.29, 1.82) is 0 Å². The summed E-state index contributed by atoms with van der Waals surface area (Å²) in [6, 6.07) is 3.46. The van der Waals surface area contributed by atoms with Crippen LogP contribution in [0.2, 0.25) is 0 Å². The van der Waals surface area contributed by atoms with E-state index in [-0.39, 0.29) is 6.54 Å². The van der Waals surface area contributed by atoms with Gasteiger partial charge in [-0.25, -0.2) is 5.43 Å². The van der Waals surface area contributed by atoms with Gasteiger partial charge in [0.25, 0.3) is 0 Å². The second-order valence-electron chi connectivity index (χ2n) is 6.54. The number of carbonyl (C=O) groups excluding carboxylic acids is 2. The van der Waals surface area contributed by atoms with Gasteiger partial charge in [-0.05, 0) is 43.2 Å². The first kappa shape index (κ1) is 17.2. The van der Waals surface area contributed by atoms with Crippen molar-refractivity contribution in [2.24, 2.45) is 22.9 Å². The van der Waals surface area contributed by atoms with Gasteiger partial charge in [0, 0.05) is 11.6 Å². The Balaban J connectivity index is 1.88. The van der Waals surface area contributed by atoms with Gasteiger partial charge in [-0.2, -0.15) is 5.10 Å². The minimum atomic E-state index is -0.746. The third-order valence-electron chi connectivity index (χ3n) is 4.27. The molecule has 0 aliphatic heterocycles. The molecule has 1 aromatic heterocycles. The molecule has 0 unspecified atom stereocenters. The number of hydrogen-bond donors (Lipinski definition) is 2. The fraction of sp³-hybridized carbons (Fsp3) is 0.588. The zero-order chi connectivity index (χ0) is 16.8. The molecule has 0 spiro atoms. The molecule has 126 valence electrons. The van der Waals surface area contributed by atoms with E-state index in [1.807, 2.05) is 0 Å². The molecule has 0 aromatic carbocycles. The molecular weight excluding hydrogens is 294 g/mol. The van der Waals surface area contributed by atoms with Gasteiger partial charge in [0.1, 0.15) is 5.76 Å². The van der Waals surface area contributed by atoms with Crippen LogP contribution < -0.4 is 10.7 Å². The summed E-state index contributed by atoms with van der Waals surface area (Å²) in [6.45, 7) is 6.69. The first-order valence-corrected chi connectivity index (χ1v) is 8.14. The van der Waals surface area contributed by atoms with Crippen LogP contribution in [0.4, 0.5) is 0 Å². The highest BCUT2D eigenvalue weighted by Crippen LogP contribution is 2.31. The lowest BCUT2D eigenvalue weighted by molar-refractivity contribution is -0.139. The smallest absolute Gasteiger partial charge is 0.329 e. The van der Waals surface area contributed by atoms with Crippen LogP contribution in [-0.4, -0.2) is 17.5 Å². The average molecular weight is 319 g/mol. The van der Waals surface area contributed by atoms with Gasteiger partial charge < -0.3 is 9.73 Å². The van der Waals surface area contributed by atoms with Crippen molar-refractivity contribution in [3.8, 4) is 0 Å². The highest BCUT2D eigenvalue weighted by atomic mass is 16.3. The normalized spacial score (nSPS) is 23.0. The Hall–Kier alpha value is -2.11. The minimum Gasteiger partial charge on any atom is -0.467 e. The van der Waals surface area contributed by atoms with Crippen LogP contribution >= 0.6 is 0 Å². The molecule has 0 radical (unpaired) electrons. The third-order valence-corrected chi connectivity index (χ3v) is 4.27. The highest BCUT2D eigenvalue weighted by molar-refractivity contribution is 6.35. The van der Waals surface area contributed by atoms with E-state index in [9.17, 15) is 9.59 Å². The zero-order valence-corrected chi connectivity index (χ0v) is 14.0. The van der Waals surface area contributed by atoms with E-state index in [1.165, 1.54) is 12.7 Å². The molecular formula is C17H25N3O3. The zero-order valence-electron chi connectivity index (χ0n) is 14.0. The van der Waals surface area contributed by atoms with Crippen molar-refractivity contribution in [2.45, 2.75) is 46.6 Å². The molecule has 2 amide bonds. The van der Waals surface area contributed by atoms with Crippen LogP contribution in [0.25, 0.3) is 0 Å². The Morgan fingerprint density at radius 2 is 2.13 bits per heavy atom. The van der Waals surface area contributed by atoms with E-state index in [4.69, 9.17) is 4.42 Å². The summed E-state index contributed by atoms with van der Waals surface area (Å²) in [5, 5.41) is 6.74. The van der Waals surface area contributed by atoms with Crippen molar-refractivity contribution in [3.63, 3.8) is 0 Å². The number of hydrogen-bond acceptors (Lipinski definition) is 4. The molecule has 6 heteroatoms. The van der Waals surface area contributed by atoms with Crippen LogP contribution in [0.3, 0.4) is 0 Å². The molecule has 2 rings (SSSR count). The van der Waals surface area contributed by atoms with E-state index in [1.54, 1.807) is 12.1 Å². The number of nitrogens with one attached hydrogen (secondary N) is 2. The molecule has 2 N–H and O–H groups in total. The lowest BCUT2D eigenvalue weighted by atomic mass is 9.76. The quantitative estimate of drug-likeness (QED) is 0.660. The van der Waals surface area contributed by atoms with E-state index in [0.29, 0.717) is 23.5 Å². The van der Waals surface area contributed by atoms with E-state index in [2.05, 4.69) is 36.6 Å². The van der Waals surface area contributed by atoms with Crippen molar-refractivity contribution in [1.82, 2.24) is 10.7 Å². The molecule has 23 heavy (non-hydrogen) atoms. The molecule has 2 atom stereocenters. The summed E-state index contributed by atoms with van der Waals surface area (Å²) in [5.74, 6) is 0.552. The number of nitrogens with zero attached hydrogens (tertiary/aromatic N) is 1. The molecule has 0 saturated heterocycles. The molecule has 1 saturated carbocycles. The Morgan fingerprint density at radius 3 is 2.78 bits per heavy atom. The highest BCUT2D eigenvalue weighted by Gasteiger charge is 2.27. The predicted octanol–water partition coefficient (Wildman–Crippen LogP) is 2.46. The van der Waals surface area contributed by atoms with Gasteiger partial charge in [-0.1, -0.05) is 20.8 Å².